The summed E-state index contributed by atoms with van der Waals surface area (Å²) in [6.07, 6.45) is 1.90. The van der Waals surface area contributed by atoms with Gasteiger partial charge in [0.1, 0.15) is 0 Å². The fraction of sp³-hybridized carbons (Fsp3) is 0.500. The molecule has 0 aliphatic carbocycles. The third-order valence-electron chi connectivity index (χ3n) is 4.35. The van der Waals surface area contributed by atoms with Crippen LogP contribution in [0, 0.1) is 5.92 Å². The van der Waals surface area contributed by atoms with E-state index in [9.17, 15) is 14.4 Å². The van der Waals surface area contributed by atoms with E-state index in [4.69, 9.17) is 16.7 Å². The maximum Gasteiger partial charge on any atom is 0.303 e. The summed E-state index contributed by atoms with van der Waals surface area (Å²) in [4.78, 5) is 37.2. The van der Waals surface area contributed by atoms with Gasteiger partial charge in [-0.2, -0.15) is 0 Å². The highest BCUT2D eigenvalue weighted by Gasteiger charge is 2.29. The van der Waals surface area contributed by atoms with Gasteiger partial charge in [-0.15, -0.1) is 0 Å². The number of carbonyl (C=O) groups is 3. The van der Waals surface area contributed by atoms with Crippen LogP contribution in [0.25, 0.3) is 0 Å². The predicted molar refractivity (Wildman–Crippen MR) is 94.6 cm³/mol. The van der Waals surface area contributed by atoms with Gasteiger partial charge in [0, 0.05) is 36.1 Å². The van der Waals surface area contributed by atoms with Gasteiger partial charge in [-0.05, 0) is 50.5 Å². The third-order valence-corrected chi connectivity index (χ3v) is 4.60. The summed E-state index contributed by atoms with van der Waals surface area (Å²) in [5.74, 6) is -1.37. The van der Waals surface area contributed by atoms with Gasteiger partial charge < -0.3 is 15.3 Å². The Morgan fingerprint density at radius 3 is 2.64 bits per heavy atom. The van der Waals surface area contributed by atoms with Gasteiger partial charge in [-0.3, -0.25) is 14.4 Å². The first-order chi connectivity index (χ1) is 11.9. The van der Waals surface area contributed by atoms with Crippen molar-refractivity contribution in [3.63, 3.8) is 0 Å². The molecule has 25 heavy (non-hydrogen) atoms. The molecule has 1 aliphatic heterocycles. The molecule has 0 bridgehead atoms. The highest BCUT2D eigenvalue weighted by Crippen LogP contribution is 2.20. The van der Waals surface area contributed by atoms with Crippen molar-refractivity contribution in [1.82, 2.24) is 10.2 Å². The number of likely N-dealkylation sites (tertiary alicyclic amines) is 1. The van der Waals surface area contributed by atoms with Crippen molar-refractivity contribution in [1.29, 1.82) is 0 Å². The first-order valence-electron chi connectivity index (χ1n) is 8.44. The van der Waals surface area contributed by atoms with Crippen LogP contribution in [0.4, 0.5) is 0 Å². The molecule has 0 spiro atoms. The van der Waals surface area contributed by atoms with Crippen molar-refractivity contribution in [2.24, 2.45) is 5.92 Å². The van der Waals surface area contributed by atoms with Crippen LogP contribution in [0.5, 0.6) is 0 Å². The van der Waals surface area contributed by atoms with Crippen LogP contribution in [-0.2, 0) is 9.59 Å². The topological polar surface area (TPSA) is 86.7 Å². The van der Waals surface area contributed by atoms with E-state index in [-0.39, 0.29) is 30.2 Å². The number of halogens is 1. The normalized spacial score (nSPS) is 18.5. The molecule has 1 heterocycles. The maximum atomic E-state index is 12.6. The van der Waals surface area contributed by atoms with Crippen LogP contribution in [0.15, 0.2) is 24.3 Å². The first kappa shape index (κ1) is 19.2. The lowest BCUT2D eigenvalue weighted by molar-refractivity contribution is -0.137. The van der Waals surface area contributed by atoms with Crippen LogP contribution >= 0.6 is 11.6 Å². The second-order valence-corrected chi connectivity index (χ2v) is 6.88. The SMILES string of the molecule is CC(CCC(=O)O)NC(=O)C1CCCN(C(=O)c2ccc(Cl)cc2)C1. The van der Waals surface area contributed by atoms with E-state index in [0.29, 0.717) is 30.1 Å². The number of amides is 2. The van der Waals surface area contributed by atoms with Gasteiger partial charge in [0.05, 0.1) is 5.92 Å². The van der Waals surface area contributed by atoms with E-state index < -0.39 is 5.97 Å². The van der Waals surface area contributed by atoms with E-state index in [1.807, 2.05) is 0 Å². The summed E-state index contributed by atoms with van der Waals surface area (Å²) < 4.78 is 0. The summed E-state index contributed by atoms with van der Waals surface area (Å²) in [6.45, 7) is 2.79. The van der Waals surface area contributed by atoms with Crippen LogP contribution in [-0.4, -0.2) is 46.9 Å². The molecule has 0 aromatic heterocycles. The maximum absolute atomic E-state index is 12.6. The Kier molecular flexibility index (Phi) is 6.82. The zero-order chi connectivity index (χ0) is 18.4. The summed E-state index contributed by atoms with van der Waals surface area (Å²) in [5, 5.41) is 12.1. The Morgan fingerprint density at radius 2 is 2.00 bits per heavy atom. The van der Waals surface area contributed by atoms with Crippen molar-refractivity contribution < 1.29 is 19.5 Å². The third kappa shape index (κ3) is 5.74. The second kappa shape index (κ2) is 8.85. The smallest absolute Gasteiger partial charge is 0.303 e. The van der Waals surface area contributed by atoms with Gasteiger partial charge in [-0.25, -0.2) is 0 Å². The van der Waals surface area contributed by atoms with Gasteiger partial charge in [0.2, 0.25) is 5.91 Å². The molecule has 1 aromatic carbocycles. The molecule has 0 saturated carbocycles. The van der Waals surface area contributed by atoms with E-state index >= 15 is 0 Å². The second-order valence-electron chi connectivity index (χ2n) is 6.44. The molecule has 2 amide bonds. The monoisotopic (exact) mass is 366 g/mol. The van der Waals surface area contributed by atoms with Gasteiger partial charge >= 0.3 is 5.97 Å². The quantitative estimate of drug-likeness (QED) is 0.810. The lowest BCUT2D eigenvalue weighted by Gasteiger charge is -2.32. The Bertz CT molecular complexity index is 632. The Hall–Kier alpha value is -2.08. The molecule has 7 heteroatoms. The molecular formula is C18H23ClN2O4. The number of carboxylic acids is 1. The molecule has 1 aromatic rings. The minimum Gasteiger partial charge on any atom is -0.481 e. The Morgan fingerprint density at radius 1 is 1.32 bits per heavy atom. The number of hydrogen-bond donors (Lipinski definition) is 2. The van der Waals surface area contributed by atoms with Crippen LogP contribution < -0.4 is 5.32 Å². The van der Waals surface area contributed by atoms with Crippen molar-refractivity contribution in [3.8, 4) is 0 Å². The zero-order valence-corrected chi connectivity index (χ0v) is 15.0. The lowest BCUT2D eigenvalue weighted by atomic mass is 9.96. The number of nitrogens with one attached hydrogen (secondary N) is 1. The molecule has 136 valence electrons. The van der Waals surface area contributed by atoms with E-state index in [1.165, 1.54) is 0 Å². The fourth-order valence-electron chi connectivity index (χ4n) is 2.92. The van der Waals surface area contributed by atoms with Crippen LogP contribution in [0.1, 0.15) is 43.0 Å². The minimum atomic E-state index is -0.876. The number of aliphatic carboxylic acids is 1. The van der Waals surface area contributed by atoms with Gasteiger partial charge in [0.15, 0.2) is 0 Å². The largest absolute Gasteiger partial charge is 0.481 e. The van der Waals surface area contributed by atoms with Crippen molar-refractivity contribution in [2.75, 3.05) is 13.1 Å². The molecule has 2 atom stereocenters. The molecular weight excluding hydrogens is 344 g/mol. The first-order valence-corrected chi connectivity index (χ1v) is 8.81. The number of piperidine rings is 1. The average molecular weight is 367 g/mol. The molecule has 1 aliphatic rings. The molecule has 1 fully saturated rings. The standard InChI is InChI=1S/C18H23ClN2O4/c1-12(4-9-16(22)23)20-17(24)14-3-2-10-21(11-14)18(25)13-5-7-15(19)8-6-13/h5-8,12,14H,2-4,9-11H2,1H3,(H,20,24)(H,22,23). The summed E-state index contributed by atoms with van der Waals surface area (Å²) in [5.41, 5.74) is 0.556. The van der Waals surface area contributed by atoms with Crippen LogP contribution in [0.3, 0.4) is 0 Å². The molecule has 2 N–H and O–H groups in total. The summed E-state index contributed by atoms with van der Waals surface area (Å²) >= 11 is 5.85. The van der Waals surface area contributed by atoms with Crippen molar-refractivity contribution in [2.45, 2.75) is 38.6 Å². The fourth-order valence-corrected chi connectivity index (χ4v) is 3.05. The van der Waals surface area contributed by atoms with Crippen LogP contribution in [0.2, 0.25) is 5.02 Å². The molecule has 1 saturated heterocycles. The minimum absolute atomic E-state index is 0.0211. The number of benzene rings is 1. The Balaban J connectivity index is 1.91. The average Bonchev–Trinajstić information content (AvgIpc) is 2.60. The van der Waals surface area contributed by atoms with Crippen molar-refractivity contribution >= 4 is 29.4 Å². The molecule has 0 radical (unpaired) electrons. The predicted octanol–water partition coefficient (Wildman–Crippen LogP) is 2.56. The Labute approximate surface area is 152 Å². The van der Waals surface area contributed by atoms with E-state index in [0.717, 1.165) is 12.8 Å². The number of hydrogen-bond acceptors (Lipinski definition) is 3. The highest BCUT2D eigenvalue weighted by molar-refractivity contribution is 6.30. The lowest BCUT2D eigenvalue weighted by Crippen LogP contribution is -2.47. The zero-order valence-electron chi connectivity index (χ0n) is 14.2. The van der Waals surface area contributed by atoms with E-state index in [1.54, 1.807) is 36.1 Å². The molecule has 6 nitrogen and oxygen atoms in total. The van der Waals surface area contributed by atoms with Gasteiger partial charge in [-0.1, -0.05) is 11.6 Å². The number of carbonyl (C=O) groups excluding carboxylic acids is 2. The number of nitrogens with zero attached hydrogens (tertiary/aromatic N) is 1. The molecule has 2 unspecified atom stereocenters. The number of carboxylic acid groups (broad SMARTS) is 1. The summed E-state index contributed by atoms with van der Waals surface area (Å²) in [7, 11) is 0. The van der Waals surface area contributed by atoms with E-state index in [2.05, 4.69) is 5.32 Å². The highest BCUT2D eigenvalue weighted by atomic mass is 35.5. The van der Waals surface area contributed by atoms with Gasteiger partial charge in [0.25, 0.3) is 5.91 Å². The van der Waals surface area contributed by atoms with Crippen molar-refractivity contribution in [3.05, 3.63) is 34.9 Å². The number of rotatable bonds is 6. The molecule has 2 rings (SSSR count). The summed E-state index contributed by atoms with van der Waals surface area (Å²) in [6, 6.07) is 6.51.